The van der Waals surface area contributed by atoms with E-state index in [1.54, 1.807) is 6.20 Å². The van der Waals surface area contributed by atoms with E-state index in [1.165, 1.54) is 11.3 Å². The number of aromatic nitrogens is 2. The molecule has 100 valence electrons. The molecule has 2 aromatic heterocycles. The van der Waals surface area contributed by atoms with E-state index in [-0.39, 0.29) is 11.9 Å². The highest BCUT2D eigenvalue weighted by molar-refractivity contribution is 7.12. The Balaban J connectivity index is 1.86. The molecule has 3 heterocycles. The first-order valence-electron chi connectivity index (χ1n) is 6.61. The minimum atomic E-state index is 0.145. The van der Waals surface area contributed by atoms with Gasteiger partial charge in [0.25, 0.3) is 5.91 Å². The van der Waals surface area contributed by atoms with Crippen LogP contribution in [0.5, 0.6) is 0 Å². The standard InChI is InChI=1S/C14H17N3OS/c1-10-8-13(19-9-10)14(18)17-7-3-2-4-12(17)11-5-6-15-16-11/h5-6,8-9,12H,2-4,7H2,1H3,(H,15,16)/t12-/m1/s1. The Morgan fingerprint density at radius 3 is 3.11 bits per heavy atom. The van der Waals surface area contributed by atoms with Crippen molar-refractivity contribution in [1.29, 1.82) is 0 Å². The number of rotatable bonds is 2. The van der Waals surface area contributed by atoms with Crippen LogP contribution in [0, 0.1) is 6.92 Å². The molecular weight excluding hydrogens is 258 g/mol. The molecule has 0 bridgehead atoms. The molecule has 0 aliphatic carbocycles. The van der Waals surface area contributed by atoms with Crippen molar-refractivity contribution in [3.05, 3.63) is 39.8 Å². The van der Waals surface area contributed by atoms with Gasteiger partial charge in [0.2, 0.25) is 0 Å². The highest BCUT2D eigenvalue weighted by Crippen LogP contribution is 2.31. The number of carbonyl (C=O) groups is 1. The molecule has 1 saturated heterocycles. The van der Waals surface area contributed by atoms with Crippen molar-refractivity contribution in [2.24, 2.45) is 0 Å². The molecule has 2 aromatic rings. The number of thiophene rings is 1. The summed E-state index contributed by atoms with van der Waals surface area (Å²) in [6.07, 6.45) is 5.01. The Morgan fingerprint density at radius 2 is 2.42 bits per heavy atom. The first kappa shape index (κ1) is 12.4. The van der Waals surface area contributed by atoms with Crippen LogP contribution < -0.4 is 0 Å². The van der Waals surface area contributed by atoms with Gasteiger partial charge in [-0.05, 0) is 49.3 Å². The van der Waals surface area contributed by atoms with Crippen molar-refractivity contribution in [1.82, 2.24) is 15.1 Å². The Morgan fingerprint density at radius 1 is 1.53 bits per heavy atom. The summed E-state index contributed by atoms with van der Waals surface area (Å²) in [5.41, 5.74) is 2.20. The van der Waals surface area contributed by atoms with Crippen LogP contribution in [0.3, 0.4) is 0 Å². The third-order valence-electron chi connectivity index (χ3n) is 3.59. The van der Waals surface area contributed by atoms with Gasteiger partial charge >= 0.3 is 0 Å². The van der Waals surface area contributed by atoms with Gasteiger partial charge < -0.3 is 4.90 Å². The van der Waals surface area contributed by atoms with Gasteiger partial charge in [-0.15, -0.1) is 11.3 Å². The average Bonchev–Trinajstić information content (AvgIpc) is 3.09. The van der Waals surface area contributed by atoms with Gasteiger partial charge in [0, 0.05) is 12.7 Å². The third kappa shape index (κ3) is 2.42. The predicted octanol–water partition coefficient (Wildman–Crippen LogP) is 3.15. The van der Waals surface area contributed by atoms with Gasteiger partial charge in [-0.2, -0.15) is 5.10 Å². The Kier molecular flexibility index (Phi) is 3.38. The van der Waals surface area contributed by atoms with Crippen molar-refractivity contribution in [3.63, 3.8) is 0 Å². The maximum Gasteiger partial charge on any atom is 0.264 e. The summed E-state index contributed by atoms with van der Waals surface area (Å²) in [6.45, 7) is 2.86. The number of amides is 1. The highest BCUT2D eigenvalue weighted by Gasteiger charge is 2.30. The lowest BCUT2D eigenvalue weighted by Gasteiger charge is -2.34. The Hall–Kier alpha value is -1.62. The molecule has 1 aliphatic rings. The first-order chi connectivity index (χ1) is 9.25. The van der Waals surface area contributed by atoms with Gasteiger partial charge in [0.05, 0.1) is 16.6 Å². The van der Waals surface area contributed by atoms with E-state index in [0.717, 1.165) is 41.9 Å². The number of aromatic amines is 1. The van der Waals surface area contributed by atoms with Gasteiger partial charge in [0.15, 0.2) is 0 Å². The zero-order valence-electron chi connectivity index (χ0n) is 10.9. The fraction of sp³-hybridized carbons (Fsp3) is 0.429. The van der Waals surface area contributed by atoms with Crippen LogP contribution in [0.2, 0.25) is 0 Å². The summed E-state index contributed by atoms with van der Waals surface area (Å²) in [7, 11) is 0. The Labute approximate surface area is 116 Å². The van der Waals surface area contributed by atoms with Crippen molar-refractivity contribution in [2.75, 3.05) is 6.54 Å². The number of aryl methyl sites for hydroxylation is 1. The summed E-state index contributed by atoms with van der Waals surface area (Å²) in [5.74, 6) is 0.150. The second-order valence-electron chi connectivity index (χ2n) is 5.01. The van der Waals surface area contributed by atoms with E-state index >= 15 is 0 Å². The van der Waals surface area contributed by atoms with Crippen LogP contribution in [0.4, 0.5) is 0 Å². The number of carbonyl (C=O) groups excluding carboxylic acids is 1. The van der Waals surface area contributed by atoms with Crippen molar-refractivity contribution in [3.8, 4) is 0 Å². The molecule has 1 N–H and O–H groups in total. The lowest BCUT2D eigenvalue weighted by molar-refractivity contribution is 0.0611. The van der Waals surface area contributed by atoms with Crippen LogP contribution in [0.1, 0.15) is 46.2 Å². The minimum absolute atomic E-state index is 0.145. The zero-order chi connectivity index (χ0) is 13.2. The molecule has 1 amide bonds. The fourth-order valence-corrected chi connectivity index (χ4v) is 3.49. The highest BCUT2D eigenvalue weighted by atomic mass is 32.1. The molecular formula is C14H17N3OS. The molecule has 1 atom stereocenters. The number of likely N-dealkylation sites (tertiary alicyclic amines) is 1. The number of piperidine rings is 1. The maximum absolute atomic E-state index is 12.6. The number of H-pyrrole nitrogens is 1. The number of nitrogens with one attached hydrogen (secondary N) is 1. The number of hydrogen-bond donors (Lipinski definition) is 1. The average molecular weight is 275 g/mol. The second-order valence-corrected chi connectivity index (χ2v) is 5.92. The monoisotopic (exact) mass is 275 g/mol. The van der Waals surface area contributed by atoms with E-state index in [0.29, 0.717) is 0 Å². The second kappa shape index (κ2) is 5.17. The third-order valence-corrected chi connectivity index (χ3v) is 4.62. The SMILES string of the molecule is Cc1csc(C(=O)N2CCCC[C@@H]2c2ccn[nH]2)c1. The lowest BCUT2D eigenvalue weighted by atomic mass is 9.99. The summed E-state index contributed by atoms with van der Waals surface area (Å²) in [6, 6.07) is 4.09. The van der Waals surface area contributed by atoms with E-state index < -0.39 is 0 Å². The van der Waals surface area contributed by atoms with Crippen molar-refractivity contribution in [2.45, 2.75) is 32.2 Å². The van der Waals surface area contributed by atoms with Gasteiger partial charge in [-0.25, -0.2) is 0 Å². The number of nitrogens with zero attached hydrogens (tertiary/aromatic N) is 2. The van der Waals surface area contributed by atoms with Crippen LogP contribution in [0.25, 0.3) is 0 Å². The van der Waals surface area contributed by atoms with Crippen LogP contribution in [-0.2, 0) is 0 Å². The van der Waals surface area contributed by atoms with Crippen LogP contribution >= 0.6 is 11.3 Å². The summed E-state index contributed by atoms with van der Waals surface area (Å²) in [5, 5.41) is 9.05. The quantitative estimate of drug-likeness (QED) is 0.915. The molecule has 0 unspecified atom stereocenters. The topological polar surface area (TPSA) is 49.0 Å². The summed E-state index contributed by atoms with van der Waals surface area (Å²) < 4.78 is 0. The van der Waals surface area contributed by atoms with E-state index in [2.05, 4.69) is 10.2 Å². The van der Waals surface area contributed by atoms with Gasteiger partial charge in [-0.1, -0.05) is 0 Å². The summed E-state index contributed by atoms with van der Waals surface area (Å²) in [4.78, 5) is 15.4. The molecule has 5 heteroatoms. The van der Waals surface area contributed by atoms with Crippen LogP contribution in [-0.4, -0.2) is 27.5 Å². The zero-order valence-corrected chi connectivity index (χ0v) is 11.7. The molecule has 0 saturated carbocycles. The lowest BCUT2D eigenvalue weighted by Crippen LogP contribution is -2.38. The van der Waals surface area contributed by atoms with Gasteiger partial charge in [0.1, 0.15) is 0 Å². The van der Waals surface area contributed by atoms with Crippen LogP contribution in [0.15, 0.2) is 23.7 Å². The van der Waals surface area contributed by atoms with Gasteiger partial charge in [-0.3, -0.25) is 9.89 Å². The molecule has 1 fully saturated rings. The summed E-state index contributed by atoms with van der Waals surface area (Å²) >= 11 is 1.53. The van der Waals surface area contributed by atoms with E-state index in [4.69, 9.17) is 0 Å². The molecule has 3 rings (SSSR count). The molecule has 0 aromatic carbocycles. The first-order valence-corrected chi connectivity index (χ1v) is 7.49. The predicted molar refractivity (Wildman–Crippen MR) is 75.3 cm³/mol. The van der Waals surface area contributed by atoms with E-state index in [1.807, 2.05) is 29.3 Å². The number of hydrogen-bond acceptors (Lipinski definition) is 3. The molecule has 4 nitrogen and oxygen atoms in total. The Bertz CT molecular complexity index is 561. The fourth-order valence-electron chi connectivity index (χ4n) is 2.64. The van der Waals surface area contributed by atoms with Crippen molar-refractivity contribution >= 4 is 17.2 Å². The molecule has 19 heavy (non-hydrogen) atoms. The normalized spacial score (nSPS) is 19.6. The van der Waals surface area contributed by atoms with Crippen molar-refractivity contribution < 1.29 is 4.79 Å². The molecule has 0 radical (unpaired) electrons. The largest absolute Gasteiger partial charge is 0.329 e. The smallest absolute Gasteiger partial charge is 0.264 e. The van der Waals surface area contributed by atoms with E-state index in [9.17, 15) is 4.79 Å². The maximum atomic E-state index is 12.6. The minimum Gasteiger partial charge on any atom is -0.329 e. The molecule has 1 aliphatic heterocycles. The molecule has 0 spiro atoms.